The molecule has 2 heterocycles. The van der Waals surface area contributed by atoms with Gasteiger partial charge in [-0.1, -0.05) is 29.8 Å². The number of ether oxygens (including phenoxy) is 2. The first-order valence-corrected chi connectivity index (χ1v) is 10.3. The van der Waals surface area contributed by atoms with Crippen LogP contribution in [0.3, 0.4) is 0 Å². The van der Waals surface area contributed by atoms with Crippen molar-refractivity contribution in [2.24, 2.45) is 0 Å². The van der Waals surface area contributed by atoms with E-state index in [2.05, 4.69) is 24.3 Å². The molecule has 0 fully saturated rings. The summed E-state index contributed by atoms with van der Waals surface area (Å²) < 4.78 is 17.9. The molecule has 0 atom stereocenters. The molecule has 0 aliphatic rings. The van der Waals surface area contributed by atoms with E-state index >= 15 is 0 Å². The summed E-state index contributed by atoms with van der Waals surface area (Å²) in [7, 11) is 1.63. The molecule has 32 heavy (non-hydrogen) atoms. The molecule has 162 valence electrons. The van der Waals surface area contributed by atoms with E-state index in [1.165, 1.54) is 11.6 Å². The number of carbonyl (C=O) groups excluding carboxylic acids is 1. The maximum atomic E-state index is 12.3. The molecule has 2 aromatic carbocycles. The Bertz CT molecular complexity index is 1220. The van der Waals surface area contributed by atoms with Gasteiger partial charge in [-0.15, -0.1) is 0 Å². The first-order valence-electron chi connectivity index (χ1n) is 10.3. The third-order valence-electron chi connectivity index (χ3n) is 4.99. The van der Waals surface area contributed by atoms with Gasteiger partial charge >= 0.3 is 5.97 Å². The summed E-state index contributed by atoms with van der Waals surface area (Å²) in [5, 5.41) is 4.84. The number of esters is 1. The number of aromatic nitrogens is 2. The topological polar surface area (TPSA) is 66.5 Å². The Hall–Kier alpha value is -4.06. The zero-order valence-corrected chi connectivity index (χ0v) is 18.2. The lowest BCUT2D eigenvalue weighted by Crippen LogP contribution is -2.03. The highest BCUT2D eigenvalue weighted by molar-refractivity contribution is 5.95. The quantitative estimate of drug-likeness (QED) is 0.289. The van der Waals surface area contributed by atoms with Crippen LogP contribution < -0.4 is 4.74 Å². The molecule has 0 saturated carbocycles. The predicted octanol–water partition coefficient (Wildman–Crippen LogP) is 5.44. The van der Waals surface area contributed by atoms with Crippen LogP contribution in [0.4, 0.5) is 0 Å². The third kappa shape index (κ3) is 4.49. The van der Waals surface area contributed by atoms with E-state index in [0.29, 0.717) is 17.0 Å². The molecule has 0 spiro atoms. The van der Waals surface area contributed by atoms with Crippen molar-refractivity contribution in [3.05, 3.63) is 96.1 Å². The molecule has 0 bridgehead atoms. The lowest BCUT2D eigenvalue weighted by atomic mass is 10.1. The maximum absolute atomic E-state index is 12.3. The Morgan fingerprint density at radius 2 is 1.84 bits per heavy atom. The lowest BCUT2D eigenvalue weighted by Gasteiger charge is -2.09. The van der Waals surface area contributed by atoms with E-state index in [0.717, 1.165) is 22.7 Å². The molecule has 0 unspecified atom stereocenters. The Balaban J connectivity index is 1.88. The van der Waals surface area contributed by atoms with Gasteiger partial charge in [-0.05, 0) is 56.3 Å². The smallest absolute Gasteiger partial charge is 0.331 e. The minimum atomic E-state index is -0.449. The van der Waals surface area contributed by atoms with Gasteiger partial charge in [0, 0.05) is 11.6 Å². The lowest BCUT2D eigenvalue weighted by molar-refractivity contribution is -0.137. The van der Waals surface area contributed by atoms with Crippen LogP contribution in [0.2, 0.25) is 0 Å². The number of furan rings is 1. The molecule has 0 aliphatic heterocycles. The Kier molecular flexibility index (Phi) is 6.22. The number of aryl methyl sites for hydroxylation is 1. The molecule has 2 aromatic heterocycles. The van der Waals surface area contributed by atoms with Crippen LogP contribution in [-0.4, -0.2) is 29.5 Å². The standard InChI is InChI=1S/C26H24N2O4/c1-4-31-26(29)16-22(25-6-5-15-32-25)23-17-24(19-9-7-18(2)8-10-19)28(27-23)20-11-13-21(30-3)14-12-20/h5-17H,4H2,1-3H3/b22-16+. The van der Waals surface area contributed by atoms with Crippen molar-refractivity contribution >= 4 is 11.5 Å². The predicted molar refractivity (Wildman–Crippen MR) is 123 cm³/mol. The fraction of sp³-hybridized carbons (Fsp3) is 0.154. The van der Waals surface area contributed by atoms with Gasteiger partial charge in [0.25, 0.3) is 0 Å². The molecular weight excluding hydrogens is 404 g/mol. The highest BCUT2D eigenvalue weighted by atomic mass is 16.5. The largest absolute Gasteiger partial charge is 0.497 e. The van der Waals surface area contributed by atoms with Crippen molar-refractivity contribution in [3.63, 3.8) is 0 Å². The van der Waals surface area contributed by atoms with Gasteiger partial charge in [0.15, 0.2) is 0 Å². The molecule has 4 rings (SSSR count). The summed E-state index contributed by atoms with van der Waals surface area (Å²) in [4.78, 5) is 12.3. The molecular formula is C26H24N2O4. The molecule has 0 radical (unpaired) electrons. The van der Waals surface area contributed by atoms with E-state index in [1.54, 1.807) is 32.4 Å². The summed E-state index contributed by atoms with van der Waals surface area (Å²) >= 11 is 0. The van der Waals surface area contributed by atoms with Crippen molar-refractivity contribution in [2.45, 2.75) is 13.8 Å². The highest BCUT2D eigenvalue weighted by Gasteiger charge is 2.19. The van der Waals surface area contributed by atoms with Crippen molar-refractivity contribution in [1.29, 1.82) is 0 Å². The zero-order chi connectivity index (χ0) is 22.5. The average molecular weight is 428 g/mol. The third-order valence-corrected chi connectivity index (χ3v) is 4.99. The monoisotopic (exact) mass is 428 g/mol. The summed E-state index contributed by atoms with van der Waals surface area (Å²) in [6.07, 6.45) is 2.98. The van der Waals surface area contributed by atoms with Crippen molar-refractivity contribution < 1.29 is 18.7 Å². The van der Waals surface area contributed by atoms with Crippen LogP contribution >= 0.6 is 0 Å². The Morgan fingerprint density at radius 3 is 2.47 bits per heavy atom. The Labute approximate surface area is 186 Å². The first kappa shape index (κ1) is 21.2. The number of carbonyl (C=O) groups is 1. The van der Waals surface area contributed by atoms with Crippen molar-refractivity contribution in [2.75, 3.05) is 13.7 Å². The van der Waals surface area contributed by atoms with E-state index < -0.39 is 5.97 Å². The number of hydrogen-bond acceptors (Lipinski definition) is 5. The van der Waals surface area contributed by atoms with Gasteiger partial charge < -0.3 is 13.9 Å². The van der Waals surface area contributed by atoms with Crippen LogP contribution in [-0.2, 0) is 9.53 Å². The number of benzene rings is 2. The van der Waals surface area contributed by atoms with Gasteiger partial charge in [-0.3, -0.25) is 0 Å². The first-order chi connectivity index (χ1) is 15.6. The summed E-state index contributed by atoms with van der Waals surface area (Å²) in [6, 6.07) is 21.4. The van der Waals surface area contributed by atoms with Crippen LogP contribution in [0.15, 0.2) is 83.5 Å². The van der Waals surface area contributed by atoms with Crippen LogP contribution in [0.25, 0.3) is 22.5 Å². The second-order valence-electron chi connectivity index (χ2n) is 7.18. The fourth-order valence-corrected chi connectivity index (χ4v) is 3.37. The van der Waals surface area contributed by atoms with Crippen molar-refractivity contribution in [1.82, 2.24) is 9.78 Å². The summed E-state index contributed by atoms with van der Waals surface area (Å²) in [6.45, 7) is 4.11. The van der Waals surface area contributed by atoms with E-state index in [4.69, 9.17) is 19.0 Å². The van der Waals surface area contributed by atoms with Crippen LogP contribution in [0.5, 0.6) is 5.75 Å². The number of rotatable bonds is 7. The molecule has 0 amide bonds. The maximum Gasteiger partial charge on any atom is 0.331 e. The fourth-order valence-electron chi connectivity index (χ4n) is 3.37. The molecule has 0 N–H and O–H groups in total. The van der Waals surface area contributed by atoms with Gasteiger partial charge in [-0.25, -0.2) is 9.48 Å². The van der Waals surface area contributed by atoms with Crippen molar-refractivity contribution in [3.8, 4) is 22.7 Å². The normalized spacial score (nSPS) is 11.4. The average Bonchev–Trinajstić information content (AvgIpc) is 3.49. The minimum Gasteiger partial charge on any atom is -0.497 e. The SMILES string of the molecule is CCOC(=O)/C=C(\c1cc(-c2ccc(C)cc2)n(-c2ccc(OC)cc2)n1)c1ccco1. The highest BCUT2D eigenvalue weighted by Crippen LogP contribution is 2.31. The minimum absolute atomic E-state index is 0.287. The zero-order valence-electron chi connectivity index (χ0n) is 18.2. The Morgan fingerprint density at radius 1 is 1.09 bits per heavy atom. The molecule has 6 heteroatoms. The van der Waals surface area contributed by atoms with Gasteiger partial charge in [0.2, 0.25) is 0 Å². The molecule has 0 aliphatic carbocycles. The summed E-state index contributed by atoms with van der Waals surface area (Å²) in [5.74, 6) is 0.846. The van der Waals surface area contributed by atoms with Crippen LogP contribution in [0.1, 0.15) is 23.9 Å². The number of nitrogens with zero attached hydrogens (tertiary/aromatic N) is 2. The molecule has 4 aromatic rings. The van der Waals surface area contributed by atoms with E-state index in [-0.39, 0.29) is 6.61 Å². The van der Waals surface area contributed by atoms with Gasteiger partial charge in [0.1, 0.15) is 11.5 Å². The second-order valence-corrected chi connectivity index (χ2v) is 7.18. The van der Waals surface area contributed by atoms with Crippen LogP contribution in [0, 0.1) is 6.92 Å². The number of hydrogen-bond donors (Lipinski definition) is 0. The van der Waals surface area contributed by atoms with Gasteiger partial charge in [-0.2, -0.15) is 5.10 Å². The van der Waals surface area contributed by atoms with Gasteiger partial charge in [0.05, 0.1) is 42.6 Å². The number of methoxy groups -OCH3 is 1. The molecule has 0 saturated heterocycles. The summed E-state index contributed by atoms with van der Waals surface area (Å²) in [5.41, 5.74) is 5.06. The second kappa shape index (κ2) is 9.39. The molecule has 6 nitrogen and oxygen atoms in total. The van der Waals surface area contributed by atoms with E-state index in [1.807, 2.05) is 41.9 Å². The van der Waals surface area contributed by atoms with E-state index in [9.17, 15) is 4.79 Å².